The fourth-order valence-electron chi connectivity index (χ4n) is 2.42. The van der Waals surface area contributed by atoms with Crippen LogP contribution in [0.4, 0.5) is 11.4 Å². The van der Waals surface area contributed by atoms with Crippen LogP contribution in [0.3, 0.4) is 0 Å². The summed E-state index contributed by atoms with van der Waals surface area (Å²) in [5.74, 6) is -0.574. The molecule has 1 aromatic carbocycles. The summed E-state index contributed by atoms with van der Waals surface area (Å²) in [6, 6.07) is 3.51. The van der Waals surface area contributed by atoms with Gasteiger partial charge in [0.15, 0.2) is 0 Å². The van der Waals surface area contributed by atoms with Crippen LogP contribution in [0.15, 0.2) is 18.2 Å². The van der Waals surface area contributed by atoms with Crippen molar-refractivity contribution in [3.63, 3.8) is 0 Å². The molecule has 0 heterocycles. The largest absolute Gasteiger partial charge is 0.399 e. The lowest BCUT2D eigenvalue weighted by molar-refractivity contribution is -0.385. The highest BCUT2D eigenvalue weighted by Crippen LogP contribution is 2.23. The van der Waals surface area contributed by atoms with Crippen LogP contribution >= 0.6 is 0 Å². The molecule has 0 radical (unpaired) electrons. The molecule has 0 spiro atoms. The minimum atomic E-state index is -0.619. The molecule has 1 saturated carbocycles. The Balaban J connectivity index is 2.20. The molecule has 1 aromatic rings. The fourth-order valence-corrected chi connectivity index (χ4v) is 2.42. The maximum atomic E-state index is 12.2. The van der Waals surface area contributed by atoms with Crippen molar-refractivity contribution >= 4 is 17.3 Å². The van der Waals surface area contributed by atoms with Gasteiger partial charge >= 0.3 is 0 Å². The SMILES string of the molecule is Nc1ccc([N+](=O)[O-])c(C(=O)NC2CCCCC2O)c1. The molecular weight excluding hydrogens is 262 g/mol. The van der Waals surface area contributed by atoms with E-state index in [4.69, 9.17) is 5.73 Å². The van der Waals surface area contributed by atoms with E-state index in [0.29, 0.717) is 12.8 Å². The molecular formula is C13H17N3O4. The summed E-state index contributed by atoms with van der Waals surface area (Å²) < 4.78 is 0. The Morgan fingerprint density at radius 3 is 2.75 bits per heavy atom. The van der Waals surface area contributed by atoms with Gasteiger partial charge in [0, 0.05) is 11.8 Å². The molecule has 1 fully saturated rings. The van der Waals surface area contributed by atoms with Crippen molar-refractivity contribution in [1.82, 2.24) is 5.32 Å². The first-order valence-electron chi connectivity index (χ1n) is 6.52. The van der Waals surface area contributed by atoms with Gasteiger partial charge in [0.25, 0.3) is 11.6 Å². The van der Waals surface area contributed by atoms with Gasteiger partial charge in [0.1, 0.15) is 5.56 Å². The number of aliphatic hydroxyl groups excluding tert-OH is 1. The number of nitrogens with one attached hydrogen (secondary N) is 1. The second kappa shape index (κ2) is 5.87. The van der Waals surface area contributed by atoms with Crippen molar-refractivity contribution in [3.8, 4) is 0 Å². The lowest BCUT2D eigenvalue weighted by Crippen LogP contribution is -2.45. The first kappa shape index (κ1) is 14.3. The van der Waals surface area contributed by atoms with Crippen molar-refractivity contribution in [1.29, 1.82) is 0 Å². The number of nitro benzene ring substituents is 1. The van der Waals surface area contributed by atoms with Gasteiger partial charge in [-0.15, -0.1) is 0 Å². The van der Waals surface area contributed by atoms with Gasteiger partial charge in [-0.2, -0.15) is 0 Å². The van der Waals surface area contributed by atoms with Gasteiger partial charge in [-0.05, 0) is 25.0 Å². The Hall–Kier alpha value is -2.15. The number of anilines is 1. The highest BCUT2D eigenvalue weighted by Gasteiger charge is 2.27. The smallest absolute Gasteiger partial charge is 0.282 e. The average Bonchev–Trinajstić information content (AvgIpc) is 2.40. The number of aliphatic hydroxyl groups is 1. The second-order valence-electron chi connectivity index (χ2n) is 4.97. The third kappa shape index (κ3) is 3.05. The Kier molecular flexibility index (Phi) is 4.19. The van der Waals surface area contributed by atoms with Gasteiger partial charge in [-0.25, -0.2) is 0 Å². The Bertz CT molecular complexity index is 532. The first-order valence-corrected chi connectivity index (χ1v) is 6.52. The predicted octanol–water partition coefficient (Wildman–Crippen LogP) is 1.21. The number of rotatable bonds is 3. The van der Waals surface area contributed by atoms with E-state index in [1.807, 2.05) is 0 Å². The number of nitrogens with zero attached hydrogens (tertiary/aromatic N) is 1. The van der Waals surface area contributed by atoms with Crippen LogP contribution in [0, 0.1) is 10.1 Å². The molecule has 7 nitrogen and oxygen atoms in total. The topological polar surface area (TPSA) is 118 Å². The first-order chi connectivity index (χ1) is 9.49. The van der Waals surface area contributed by atoms with E-state index in [-0.39, 0.29) is 23.0 Å². The summed E-state index contributed by atoms with van der Waals surface area (Å²) in [6.07, 6.45) is 2.54. The van der Waals surface area contributed by atoms with E-state index in [0.717, 1.165) is 12.8 Å². The quantitative estimate of drug-likeness (QED) is 0.436. The molecule has 108 valence electrons. The molecule has 1 aliphatic rings. The van der Waals surface area contributed by atoms with Crippen molar-refractivity contribution in [2.45, 2.75) is 37.8 Å². The highest BCUT2D eigenvalue weighted by molar-refractivity contribution is 5.99. The number of benzene rings is 1. The van der Waals surface area contributed by atoms with Crippen molar-refractivity contribution < 1.29 is 14.8 Å². The van der Waals surface area contributed by atoms with Crippen molar-refractivity contribution in [2.75, 3.05) is 5.73 Å². The molecule has 2 rings (SSSR count). The van der Waals surface area contributed by atoms with E-state index < -0.39 is 16.9 Å². The molecule has 1 amide bonds. The maximum Gasteiger partial charge on any atom is 0.282 e. The van der Waals surface area contributed by atoms with Gasteiger partial charge in [-0.3, -0.25) is 14.9 Å². The second-order valence-corrected chi connectivity index (χ2v) is 4.97. The molecule has 7 heteroatoms. The zero-order valence-corrected chi connectivity index (χ0v) is 10.9. The van der Waals surface area contributed by atoms with E-state index in [9.17, 15) is 20.0 Å². The molecule has 4 N–H and O–H groups in total. The molecule has 1 aliphatic carbocycles. The zero-order valence-electron chi connectivity index (χ0n) is 10.9. The molecule has 0 saturated heterocycles. The van der Waals surface area contributed by atoms with Gasteiger partial charge < -0.3 is 16.2 Å². The van der Waals surface area contributed by atoms with Crippen molar-refractivity contribution in [2.24, 2.45) is 0 Å². The third-order valence-corrected chi connectivity index (χ3v) is 3.51. The summed E-state index contributed by atoms with van der Waals surface area (Å²) in [4.78, 5) is 22.5. The average molecular weight is 279 g/mol. The molecule has 0 aromatic heterocycles. The number of hydrogen-bond acceptors (Lipinski definition) is 5. The van der Waals surface area contributed by atoms with Crippen LogP contribution in [-0.4, -0.2) is 28.1 Å². The Morgan fingerprint density at radius 1 is 1.40 bits per heavy atom. The molecule has 2 unspecified atom stereocenters. The van der Waals surface area contributed by atoms with Crippen molar-refractivity contribution in [3.05, 3.63) is 33.9 Å². The number of carbonyl (C=O) groups is 1. The van der Waals surface area contributed by atoms with Crippen LogP contribution in [0.5, 0.6) is 0 Å². The van der Waals surface area contributed by atoms with E-state index >= 15 is 0 Å². The lowest BCUT2D eigenvalue weighted by Gasteiger charge is -2.28. The Labute approximate surface area is 115 Å². The van der Waals surface area contributed by atoms with Gasteiger partial charge in [0.05, 0.1) is 17.1 Å². The van der Waals surface area contributed by atoms with Crippen LogP contribution in [-0.2, 0) is 0 Å². The van der Waals surface area contributed by atoms with E-state index in [2.05, 4.69) is 5.32 Å². The molecule has 20 heavy (non-hydrogen) atoms. The number of nitrogen functional groups attached to an aromatic ring is 1. The summed E-state index contributed by atoms with van der Waals surface area (Å²) in [5, 5.41) is 23.4. The third-order valence-electron chi connectivity index (χ3n) is 3.51. The van der Waals surface area contributed by atoms with Crippen LogP contribution in [0.2, 0.25) is 0 Å². The summed E-state index contributed by atoms with van der Waals surface area (Å²) >= 11 is 0. The maximum absolute atomic E-state index is 12.2. The number of nitro groups is 1. The lowest BCUT2D eigenvalue weighted by atomic mass is 9.92. The van der Waals surface area contributed by atoms with Crippen LogP contribution < -0.4 is 11.1 Å². The minimum absolute atomic E-state index is 0.0761. The number of amides is 1. The van der Waals surface area contributed by atoms with Crippen LogP contribution in [0.25, 0.3) is 0 Å². The summed E-state index contributed by atoms with van der Waals surface area (Å²) in [7, 11) is 0. The standard InChI is InChI=1S/C13H17N3O4/c14-8-5-6-11(16(19)20)9(7-8)13(18)15-10-3-1-2-4-12(10)17/h5-7,10,12,17H,1-4,14H2,(H,15,18). The van der Waals surface area contributed by atoms with E-state index in [1.165, 1.54) is 18.2 Å². The number of carbonyl (C=O) groups excluding carboxylic acids is 1. The van der Waals surface area contributed by atoms with Gasteiger partial charge in [0.2, 0.25) is 0 Å². The fraction of sp³-hybridized carbons (Fsp3) is 0.462. The Morgan fingerprint density at radius 2 is 2.10 bits per heavy atom. The number of hydrogen-bond donors (Lipinski definition) is 3. The predicted molar refractivity (Wildman–Crippen MR) is 73.2 cm³/mol. The highest BCUT2D eigenvalue weighted by atomic mass is 16.6. The summed E-state index contributed by atoms with van der Waals surface area (Å²) in [5.41, 5.74) is 5.49. The molecule has 0 bridgehead atoms. The molecule has 2 atom stereocenters. The number of nitrogens with two attached hydrogens (primary N) is 1. The monoisotopic (exact) mass is 279 g/mol. The molecule has 0 aliphatic heterocycles. The minimum Gasteiger partial charge on any atom is -0.399 e. The van der Waals surface area contributed by atoms with E-state index in [1.54, 1.807) is 0 Å². The normalized spacial score (nSPS) is 22.2. The zero-order chi connectivity index (χ0) is 14.7. The van der Waals surface area contributed by atoms with Gasteiger partial charge in [-0.1, -0.05) is 12.8 Å². The van der Waals surface area contributed by atoms with Crippen LogP contribution in [0.1, 0.15) is 36.0 Å². The summed E-state index contributed by atoms with van der Waals surface area (Å²) in [6.45, 7) is 0.